The van der Waals surface area contributed by atoms with E-state index in [-0.39, 0.29) is 0 Å². The van der Waals surface area contributed by atoms with E-state index in [0.29, 0.717) is 6.54 Å². The van der Waals surface area contributed by atoms with Gasteiger partial charge in [-0.3, -0.25) is 0 Å². The molecule has 15 heavy (non-hydrogen) atoms. The van der Waals surface area contributed by atoms with Crippen LogP contribution in [0.5, 0.6) is 5.75 Å². The molecule has 2 rings (SSSR count). The predicted octanol–water partition coefficient (Wildman–Crippen LogP) is 0.832. The Kier molecular flexibility index (Phi) is 2.76. The van der Waals surface area contributed by atoms with Crippen molar-refractivity contribution in [2.45, 2.75) is 12.8 Å². The number of rotatable bonds is 3. The molecule has 0 spiro atoms. The van der Waals surface area contributed by atoms with Gasteiger partial charge < -0.3 is 15.8 Å². The van der Waals surface area contributed by atoms with E-state index in [1.807, 2.05) is 12.1 Å². The van der Waals surface area contributed by atoms with Gasteiger partial charge in [0.1, 0.15) is 5.75 Å². The summed E-state index contributed by atoms with van der Waals surface area (Å²) in [6, 6.07) is 5.67. The maximum atomic E-state index is 10.5. The van der Waals surface area contributed by atoms with Crippen LogP contribution in [0.2, 0.25) is 0 Å². The van der Waals surface area contributed by atoms with Crippen LogP contribution in [0, 0.1) is 0 Å². The highest BCUT2D eigenvalue weighted by Gasteiger charge is 2.11. The van der Waals surface area contributed by atoms with Crippen molar-refractivity contribution in [2.75, 3.05) is 13.2 Å². The van der Waals surface area contributed by atoms with Crippen LogP contribution in [0.4, 0.5) is 4.79 Å². The maximum Gasteiger partial charge on any atom is 0.312 e. The molecule has 0 saturated heterocycles. The first-order valence-corrected chi connectivity index (χ1v) is 5.03. The van der Waals surface area contributed by atoms with Gasteiger partial charge >= 0.3 is 6.03 Å². The minimum atomic E-state index is -0.473. The molecule has 0 atom stereocenters. The zero-order chi connectivity index (χ0) is 10.7. The van der Waals surface area contributed by atoms with Gasteiger partial charge in [-0.15, -0.1) is 0 Å². The van der Waals surface area contributed by atoms with Crippen LogP contribution >= 0.6 is 0 Å². The van der Waals surface area contributed by atoms with E-state index in [9.17, 15) is 4.79 Å². The second-order valence-corrected chi connectivity index (χ2v) is 3.58. The van der Waals surface area contributed by atoms with Crippen molar-refractivity contribution in [3.8, 4) is 5.75 Å². The lowest BCUT2D eigenvalue weighted by Crippen LogP contribution is -2.30. The number of nitrogens with two attached hydrogens (primary N) is 1. The van der Waals surface area contributed by atoms with Gasteiger partial charge in [-0.25, -0.2) is 4.79 Å². The van der Waals surface area contributed by atoms with E-state index in [1.54, 1.807) is 0 Å². The molecule has 4 heteroatoms. The number of benzene rings is 1. The number of fused-ring (bicyclic) bond motifs is 1. The first-order valence-electron chi connectivity index (χ1n) is 5.03. The number of hydrogen-bond acceptors (Lipinski definition) is 2. The van der Waals surface area contributed by atoms with Crippen LogP contribution in [-0.4, -0.2) is 19.2 Å². The highest BCUT2D eigenvalue weighted by atomic mass is 16.5. The third-order valence-electron chi connectivity index (χ3n) is 2.47. The van der Waals surface area contributed by atoms with Crippen LogP contribution in [0.1, 0.15) is 11.1 Å². The summed E-state index contributed by atoms with van der Waals surface area (Å²) < 4.78 is 5.41. The minimum absolute atomic E-state index is 0.473. The summed E-state index contributed by atoms with van der Waals surface area (Å²) in [7, 11) is 0. The predicted molar refractivity (Wildman–Crippen MR) is 56.9 cm³/mol. The summed E-state index contributed by atoms with van der Waals surface area (Å²) >= 11 is 0. The molecule has 0 fully saturated rings. The third-order valence-corrected chi connectivity index (χ3v) is 2.47. The molecule has 1 aromatic rings. The Morgan fingerprint density at radius 2 is 2.40 bits per heavy atom. The van der Waals surface area contributed by atoms with Crippen LogP contribution in [0.15, 0.2) is 18.2 Å². The Balaban J connectivity index is 1.95. The smallest absolute Gasteiger partial charge is 0.312 e. The summed E-state index contributed by atoms with van der Waals surface area (Å²) in [4.78, 5) is 10.5. The first kappa shape index (κ1) is 9.83. The lowest BCUT2D eigenvalue weighted by molar-refractivity contribution is 0.249. The summed E-state index contributed by atoms with van der Waals surface area (Å²) in [5.74, 6) is 0.988. The van der Waals surface area contributed by atoms with Crippen molar-refractivity contribution in [1.29, 1.82) is 0 Å². The molecule has 3 N–H and O–H groups in total. The van der Waals surface area contributed by atoms with Crippen LogP contribution < -0.4 is 15.8 Å². The molecule has 1 aliphatic rings. The highest BCUT2D eigenvalue weighted by Crippen LogP contribution is 2.25. The van der Waals surface area contributed by atoms with Crippen molar-refractivity contribution in [3.05, 3.63) is 29.3 Å². The number of nitrogens with one attached hydrogen (secondary N) is 1. The number of primary amides is 1. The Hall–Kier alpha value is -1.71. The lowest BCUT2D eigenvalue weighted by Gasteiger charge is -2.04. The van der Waals surface area contributed by atoms with Crippen molar-refractivity contribution in [1.82, 2.24) is 5.32 Å². The molecule has 2 amide bonds. The van der Waals surface area contributed by atoms with E-state index >= 15 is 0 Å². The van der Waals surface area contributed by atoms with Gasteiger partial charge in [-0.1, -0.05) is 12.1 Å². The SMILES string of the molecule is NC(=O)NCCc1ccc2c(c1)CCO2. The van der Waals surface area contributed by atoms with E-state index in [4.69, 9.17) is 10.5 Å². The second kappa shape index (κ2) is 4.21. The quantitative estimate of drug-likeness (QED) is 0.769. The van der Waals surface area contributed by atoms with E-state index in [2.05, 4.69) is 11.4 Å². The Morgan fingerprint density at radius 1 is 1.53 bits per heavy atom. The number of ether oxygens (including phenoxy) is 1. The molecule has 0 saturated carbocycles. The maximum absolute atomic E-state index is 10.5. The number of carbonyl (C=O) groups is 1. The van der Waals surface area contributed by atoms with Crippen molar-refractivity contribution in [2.24, 2.45) is 5.73 Å². The van der Waals surface area contributed by atoms with Gasteiger partial charge in [0, 0.05) is 13.0 Å². The van der Waals surface area contributed by atoms with Crippen molar-refractivity contribution >= 4 is 6.03 Å². The van der Waals surface area contributed by atoms with Gasteiger partial charge in [0.05, 0.1) is 6.61 Å². The molecule has 0 aliphatic carbocycles. The zero-order valence-corrected chi connectivity index (χ0v) is 8.45. The van der Waals surface area contributed by atoms with E-state index < -0.39 is 6.03 Å². The molecule has 1 aliphatic heterocycles. The monoisotopic (exact) mass is 206 g/mol. The van der Waals surface area contributed by atoms with E-state index in [0.717, 1.165) is 25.2 Å². The molecule has 0 unspecified atom stereocenters. The number of hydrogen-bond donors (Lipinski definition) is 2. The first-order chi connectivity index (χ1) is 7.25. The lowest BCUT2D eigenvalue weighted by atomic mass is 10.1. The Labute approximate surface area is 88.4 Å². The molecule has 1 heterocycles. The molecular weight excluding hydrogens is 192 g/mol. The molecule has 80 valence electrons. The van der Waals surface area contributed by atoms with Crippen LogP contribution in [-0.2, 0) is 12.8 Å². The fourth-order valence-electron chi connectivity index (χ4n) is 1.73. The fraction of sp³-hybridized carbons (Fsp3) is 0.364. The van der Waals surface area contributed by atoms with Gasteiger partial charge in [0.15, 0.2) is 0 Å². The molecule has 4 nitrogen and oxygen atoms in total. The Morgan fingerprint density at radius 3 is 3.20 bits per heavy atom. The zero-order valence-electron chi connectivity index (χ0n) is 8.45. The normalized spacial score (nSPS) is 13.1. The standard InChI is InChI=1S/C11H14N2O2/c12-11(14)13-5-3-8-1-2-10-9(7-8)4-6-15-10/h1-2,7H,3-6H2,(H3,12,13,14). The van der Waals surface area contributed by atoms with Gasteiger partial charge in [0.2, 0.25) is 0 Å². The highest BCUT2D eigenvalue weighted by molar-refractivity contribution is 5.71. The fourth-order valence-corrected chi connectivity index (χ4v) is 1.73. The second-order valence-electron chi connectivity index (χ2n) is 3.58. The summed E-state index contributed by atoms with van der Waals surface area (Å²) in [5.41, 5.74) is 7.43. The largest absolute Gasteiger partial charge is 0.493 e. The van der Waals surface area contributed by atoms with Crippen molar-refractivity contribution < 1.29 is 9.53 Å². The Bertz CT molecular complexity index is 377. The average Bonchev–Trinajstić information content (AvgIpc) is 2.64. The van der Waals surface area contributed by atoms with Gasteiger partial charge in [-0.05, 0) is 23.6 Å². The molecule has 0 radical (unpaired) electrons. The molecular formula is C11H14N2O2. The topological polar surface area (TPSA) is 64.4 Å². The van der Waals surface area contributed by atoms with Crippen LogP contribution in [0.3, 0.4) is 0 Å². The van der Waals surface area contributed by atoms with Gasteiger partial charge in [-0.2, -0.15) is 0 Å². The summed E-state index contributed by atoms with van der Waals surface area (Å²) in [6.45, 7) is 1.35. The summed E-state index contributed by atoms with van der Waals surface area (Å²) in [6.07, 6.45) is 1.78. The number of urea groups is 1. The molecule has 0 aromatic heterocycles. The average molecular weight is 206 g/mol. The van der Waals surface area contributed by atoms with E-state index in [1.165, 1.54) is 11.1 Å². The number of carbonyl (C=O) groups excluding carboxylic acids is 1. The third kappa shape index (κ3) is 2.40. The minimum Gasteiger partial charge on any atom is -0.493 e. The molecule has 0 bridgehead atoms. The van der Waals surface area contributed by atoms with Crippen molar-refractivity contribution in [3.63, 3.8) is 0 Å². The van der Waals surface area contributed by atoms with Gasteiger partial charge in [0.25, 0.3) is 0 Å². The summed E-state index contributed by atoms with van der Waals surface area (Å²) in [5, 5.41) is 2.57. The molecule has 1 aromatic carbocycles. The number of amides is 2. The van der Waals surface area contributed by atoms with Crippen LogP contribution in [0.25, 0.3) is 0 Å².